The van der Waals surface area contributed by atoms with Gasteiger partial charge >= 0.3 is 12.0 Å². The Bertz CT molecular complexity index is 659. The predicted molar refractivity (Wildman–Crippen MR) is 76.4 cm³/mol. The maximum atomic E-state index is 11.7. The molecule has 0 spiro atoms. The number of carbonyl (C=O) groups is 2. The van der Waals surface area contributed by atoms with E-state index < -0.39 is 12.0 Å². The van der Waals surface area contributed by atoms with Gasteiger partial charge in [0.2, 0.25) is 0 Å². The minimum absolute atomic E-state index is 0.0325. The summed E-state index contributed by atoms with van der Waals surface area (Å²) < 4.78 is 1.69. The summed E-state index contributed by atoms with van der Waals surface area (Å²) >= 11 is 0. The number of urea groups is 1. The minimum atomic E-state index is -1.12. The molecule has 8 heteroatoms. The molecule has 0 aromatic carbocycles. The Labute approximate surface area is 121 Å². The number of rotatable bonds is 5. The molecular weight excluding hydrogens is 274 g/mol. The van der Waals surface area contributed by atoms with Crippen LogP contribution in [0.3, 0.4) is 0 Å². The highest BCUT2D eigenvalue weighted by atomic mass is 16.4. The number of nitrogens with zero attached hydrogens (tertiary/aromatic N) is 2. The van der Waals surface area contributed by atoms with Gasteiger partial charge in [0.15, 0.2) is 0 Å². The molecule has 4 N–H and O–H groups in total. The van der Waals surface area contributed by atoms with Crippen molar-refractivity contribution < 1.29 is 14.7 Å². The second-order valence-electron chi connectivity index (χ2n) is 4.70. The van der Waals surface area contributed by atoms with Crippen LogP contribution in [-0.2, 0) is 13.5 Å². The molecule has 2 heterocycles. The maximum Gasteiger partial charge on any atom is 0.354 e. The van der Waals surface area contributed by atoms with Gasteiger partial charge in [-0.05, 0) is 25.0 Å². The Hall–Kier alpha value is -2.77. The first-order valence-electron chi connectivity index (χ1n) is 6.41. The van der Waals surface area contributed by atoms with Crippen LogP contribution in [0.15, 0.2) is 18.5 Å². The summed E-state index contributed by atoms with van der Waals surface area (Å²) in [5.41, 5.74) is 1.90. The highest BCUT2D eigenvalue weighted by molar-refractivity contribution is 5.99. The molecule has 0 saturated carbocycles. The van der Waals surface area contributed by atoms with E-state index in [1.807, 2.05) is 13.2 Å². The maximum absolute atomic E-state index is 11.7. The molecule has 0 fully saturated rings. The van der Waals surface area contributed by atoms with E-state index in [4.69, 9.17) is 5.11 Å². The Balaban J connectivity index is 1.86. The average Bonchev–Trinajstić information content (AvgIpc) is 2.96. The number of carboxylic acid groups (broad SMARTS) is 1. The van der Waals surface area contributed by atoms with Crippen LogP contribution in [0, 0.1) is 6.92 Å². The summed E-state index contributed by atoms with van der Waals surface area (Å²) in [5.74, 6) is -1.12. The number of aromatic nitrogens is 3. The Morgan fingerprint density at radius 1 is 1.48 bits per heavy atom. The van der Waals surface area contributed by atoms with Gasteiger partial charge in [-0.3, -0.25) is 4.68 Å². The quantitative estimate of drug-likeness (QED) is 0.661. The van der Waals surface area contributed by atoms with Crippen LogP contribution in [0.1, 0.15) is 21.7 Å². The van der Waals surface area contributed by atoms with Crippen molar-refractivity contribution in [3.63, 3.8) is 0 Å². The van der Waals surface area contributed by atoms with Gasteiger partial charge in [-0.2, -0.15) is 5.10 Å². The number of anilines is 1. The summed E-state index contributed by atoms with van der Waals surface area (Å²) in [5, 5.41) is 18.2. The first-order valence-corrected chi connectivity index (χ1v) is 6.41. The molecule has 2 aromatic rings. The average molecular weight is 291 g/mol. The van der Waals surface area contributed by atoms with Crippen molar-refractivity contribution in [2.75, 3.05) is 11.9 Å². The molecule has 2 aromatic heterocycles. The second-order valence-corrected chi connectivity index (χ2v) is 4.70. The fraction of sp³-hybridized carbons (Fsp3) is 0.308. The number of aromatic carboxylic acids is 1. The molecule has 0 radical (unpaired) electrons. The largest absolute Gasteiger partial charge is 0.477 e. The van der Waals surface area contributed by atoms with Gasteiger partial charge in [0.05, 0.1) is 11.9 Å². The predicted octanol–water partition coefficient (Wildman–Crippen LogP) is 1.12. The minimum Gasteiger partial charge on any atom is -0.477 e. The number of hydrogen-bond acceptors (Lipinski definition) is 3. The van der Waals surface area contributed by atoms with Crippen molar-refractivity contribution in [2.45, 2.75) is 13.3 Å². The van der Waals surface area contributed by atoms with Gasteiger partial charge in [0, 0.05) is 25.5 Å². The molecule has 8 nitrogen and oxygen atoms in total. The summed E-state index contributed by atoms with van der Waals surface area (Å²) in [6.07, 6.45) is 4.26. The number of nitrogens with one attached hydrogen (secondary N) is 3. The Morgan fingerprint density at radius 3 is 2.86 bits per heavy atom. The highest BCUT2D eigenvalue weighted by Gasteiger charge is 2.15. The van der Waals surface area contributed by atoms with E-state index in [9.17, 15) is 9.59 Å². The number of H-pyrrole nitrogens is 1. The molecule has 21 heavy (non-hydrogen) atoms. The lowest BCUT2D eigenvalue weighted by molar-refractivity contribution is 0.0692. The van der Waals surface area contributed by atoms with Gasteiger partial charge in [-0.15, -0.1) is 0 Å². The smallest absolute Gasteiger partial charge is 0.354 e. The lowest BCUT2D eigenvalue weighted by Gasteiger charge is -2.06. The van der Waals surface area contributed by atoms with Gasteiger partial charge in [0.1, 0.15) is 5.69 Å². The molecule has 0 bridgehead atoms. The number of aromatic amines is 1. The fourth-order valence-electron chi connectivity index (χ4n) is 1.94. The van der Waals surface area contributed by atoms with Crippen molar-refractivity contribution in [1.29, 1.82) is 0 Å². The van der Waals surface area contributed by atoms with E-state index in [0.717, 1.165) is 5.56 Å². The van der Waals surface area contributed by atoms with Crippen LogP contribution < -0.4 is 10.6 Å². The summed E-state index contributed by atoms with van der Waals surface area (Å²) in [6.45, 7) is 2.15. The number of aryl methyl sites for hydroxylation is 2. The van der Waals surface area contributed by atoms with Gasteiger partial charge in [-0.1, -0.05) is 0 Å². The molecule has 0 aliphatic heterocycles. The van der Waals surface area contributed by atoms with E-state index >= 15 is 0 Å². The third-order valence-electron chi connectivity index (χ3n) is 2.87. The number of hydrogen-bond donors (Lipinski definition) is 4. The summed E-state index contributed by atoms with van der Waals surface area (Å²) in [6, 6.07) is 1.13. The normalized spacial score (nSPS) is 10.4. The molecular formula is C13H17N5O3. The van der Waals surface area contributed by atoms with Crippen molar-refractivity contribution in [1.82, 2.24) is 20.1 Å². The first kappa shape index (κ1) is 14.6. The van der Waals surface area contributed by atoms with Gasteiger partial charge < -0.3 is 20.7 Å². The third-order valence-corrected chi connectivity index (χ3v) is 2.87. The van der Waals surface area contributed by atoms with Crippen LogP contribution >= 0.6 is 0 Å². The highest BCUT2D eigenvalue weighted by Crippen LogP contribution is 2.16. The summed E-state index contributed by atoms with van der Waals surface area (Å²) in [7, 11) is 1.82. The summed E-state index contributed by atoms with van der Waals surface area (Å²) in [4.78, 5) is 25.4. The molecule has 2 rings (SSSR count). The van der Waals surface area contributed by atoms with Crippen molar-refractivity contribution >= 4 is 17.7 Å². The van der Waals surface area contributed by atoms with Crippen molar-refractivity contribution in [3.05, 3.63) is 35.4 Å². The Kier molecular flexibility index (Phi) is 4.27. The van der Waals surface area contributed by atoms with Crippen LogP contribution in [0.4, 0.5) is 10.5 Å². The number of carboxylic acids is 1. The number of carbonyl (C=O) groups excluding carboxylic acids is 1. The molecule has 0 unspecified atom stereocenters. The molecule has 2 amide bonds. The van der Waals surface area contributed by atoms with E-state index in [-0.39, 0.29) is 11.4 Å². The first-order chi connectivity index (χ1) is 9.95. The standard InChI is InChI=1S/C13H17N5O3/c1-8-5-10(11(16-8)12(19)20)17-13(21)14-4-3-9-6-15-18(2)7-9/h5-7,16H,3-4H2,1-2H3,(H,19,20)(H2,14,17,21). The zero-order valence-corrected chi connectivity index (χ0v) is 11.8. The molecule has 112 valence electrons. The van der Waals surface area contributed by atoms with Crippen molar-refractivity contribution in [3.8, 4) is 0 Å². The van der Waals surface area contributed by atoms with E-state index in [2.05, 4.69) is 20.7 Å². The van der Waals surface area contributed by atoms with Crippen LogP contribution in [0.5, 0.6) is 0 Å². The molecule has 0 atom stereocenters. The zero-order valence-electron chi connectivity index (χ0n) is 11.8. The topological polar surface area (TPSA) is 112 Å². The molecule has 0 saturated heterocycles. The second kappa shape index (κ2) is 6.12. The lowest BCUT2D eigenvalue weighted by atomic mass is 10.2. The Morgan fingerprint density at radius 2 is 2.24 bits per heavy atom. The van der Waals surface area contributed by atoms with Crippen molar-refractivity contribution in [2.24, 2.45) is 7.05 Å². The van der Waals surface area contributed by atoms with E-state index in [1.54, 1.807) is 23.9 Å². The fourth-order valence-corrected chi connectivity index (χ4v) is 1.94. The molecule has 0 aliphatic rings. The van der Waals surface area contributed by atoms with Gasteiger partial charge in [0.25, 0.3) is 0 Å². The van der Waals surface area contributed by atoms with Crippen LogP contribution in [-0.4, -0.2) is 38.4 Å². The van der Waals surface area contributed by atoms with Crippen LogP contribution in [0.25, 0.3) is 0 Å². The lowest BCUT2D eigenvalue weighted by Crippen LogP contribution is -2.30. The van der Waals surface area contributed by atoms with Gasteiger partial charge in [-0.25, -0.2) is 9.59 Å². The SMILES string of the molecule is Cc1cc(NC(=O)NCCc2cnn(C)c2)c(C(=O)O)[nH]1. The number of amides is 2. The molecule has 0 aliphatic carbocycles. The van der Waals surface area contributed by atoms with E-state index in [0.29, 0.717) is 18.7 Å². The van der Waals surface area contributed by atoms with E-state index in [1.165, 1.54) is 0 Å². The zero-order chi connectivity index (χ0) is 15.4. The monoisotopic (exact) mass is 291 g/mol. The third kappa shape index (κ3) is 3.85. The van der Waals surface area contributed by atoms with Crippen LogP contribution in [0.2, 0.25) is 0 Å².